The first-order chi connectivity index (χ1) is 13.8. The normalized spacial score (nSPS) is 11.3. The number of anilines is 2. The average Bonchev–Trinajstić information content (AvgIpc) is 2.68. The summed E-state index contributed by atoms with van der Waals surface area (Å²) in [6, 6.07) is 16.6. The number of sulfonamides is 1. The molecule has 150 valence electrons. The highest BCUT2D eigenvalue weighted by Crippen LogP contribution is 2.19. The van der Waals surface area contributed by atoms with Gasteiger partial charge in [-0.15, -0.1) is 0 Å². The Morgan fingerprint density at radius 3 is 2.31 bits per heavy atom. The smallest absolute Gasteiger partial charge is 0.261 e. The molecule has 0 spiro atoms. The maximum atomic E-state index is 12.7. The number of hydrogen-bond acceptors (Lipinski definition) is 4. The SMILES string of the molecule is CC(C)Cc1ccc(S(=O)(=O)Nc2cccc(C(=O)Nc3ccncc3)c2)cc1. The summed E-state index contributed by atoms with van der Waals surface area (Å²) >= 11 is 0. The molecule has 6 nitrogen and oxygen atoms in total. The van der Waals surface area contributed by atoms with Gasteiger partial charge in [-0.25, -0.2) is 8.42 Å². The van der Waals surface area contributed by atoms with Gasteiger partial charge in [-0.2, -0.15) is 0 Å². The van der Waals surface area contributed by atoms with Crippen LogP contribution in [0.3, 0.4) is 0 Å². The van der Waals surface area contributed by atoms with Crippen molar-refractivity contribution in [2.24, 2.45) is 5.92 Å². The molecule has 0 aliphatic rings. The minimum Gasteiger partial charge on any atom is -0.322 e. The fourth-order valence-electron chi connectivity index (χ4n) is 2.85. The van der Waals surface area contributed by atoms with Gasteiger partial charge in [0, 0.05) is 29.3 Å². The lowest BCUT2D eigenvalue weighted by atomic mass is 10.0. The summed E-state index contributed by atoms with van der Waals surface area (Å²) in [5.74, 6) is 0.159. The summed E-state index contributed by atoms with van der Waals surface area (Å²) < 4.78 is 27.9. The number of rotatable bonds is 7. The maximum absolute atomic E-state index is 12.7. The highest BCUT2D eigenvalue weighted by atomic mass is 32.2. The molecule has 1 heterocycles. The van der Waals surface area contributed by atoms with Crippen molar-refractivity contribution in [3.63, 3.8) is 0 Å². The summed E-state index contributed by atoms with van der Waals surface area (Å²) in [7, 11) is -3.75. The van der Waals surface area contributed by atoms with Gasteiger partial charge in [0.05, 0.1) is 4.90 Å². The largest absolute Gasteiger partial charge is 0.322 e. The molecule has 0 saturated heterocycles. The van der Waals surface area contributed by atoms with E-state index in [1.165, 1.54) is 6.07 Å². The summed E-state index contributed by atoms with van der Waals surface area (Å²) in [4.78, 5) is 16.5. The lowest BCUT2D eigenvalue weighted by Crippen LogP contribution is -2.15. The van der Waals surface area contributed by atoms with Crippen LogP contribution in [0.4, 0.5) is 11.4 Å². The molecular formula is C22H23N3O3S. The molecule has 3 rings (SSSR count). The van der Waals surface area contributed by atoms with E-state index in [-0.39, 0.29) is 10.8 Å². The number of nitrogens with zero attached hydrogens (tertiary/aromatic N) is 1. The van der Waals surface area contributed by atoms with Crippen LogP contribution >= 0.6 is 0 Å². The lowest BCUT2D eigenvalue weighted by Gasteiger charge is -2.11. The van der Waals surface area contributed by atoms with Crippen LogP contribution in [0.1, 0.15) is 29.8 Å². The Morgan fingerprint density at radius 1 is 0.966 bits per heavy atom. The summed E-state index contributed by atoms with van der Waals surface area (Å²) in [6.07, 6.45) is 4.04. The Balaban J connectivity index is 1.74. The fourth-order valence-corrected chi connectivity index (χ4v) is 3.90. The monoisotopic (exact) mass is 409 g/mol. The first-order valence-electron chi connectivity index (χ1n) is 9.27. The Kier molecular flexibility index (Phi) is 6.29. The van der Waals surface area contributed by atoms with E-state index in [4.69, 9.17) is 0 Å². The van der Waals surface area contributed by atoms with E-state index in [1.54, 1.807) is 54.9 Å². The van der Waals surface area contributed by atoms with Gasteiger partial charge in [0.2, 0.25) is 0 Å². The number of nitrogens with one attached hydrogen (secondary N) is 2. The van der Waals surface area contributed by atoms with Gasteiger partial charge in [0.25, 0.3) is 15.9 Å². The van der Waals surface area contributed by atoms with Crippen LogP contribution in [0.5, 0.6) is 0 Å². The van der Waals surface area contributed by atoms with Crippen molar-refractivity contribution in [1.82, 2.24) is 4.98 Å². The second-order valence-corrected chi connectivity index (χ2v) is 8.80. The lowest BCUT2D eigenvalue weighted by molar-refractivity contribution is 0.102. The molecular weight excluding hydrogens is 386 g/mol. The van der Waals surface area contributed by atoms with Crippen molar-refractivity contribution in [1.29, 1.82) is 0 Å². The van der Waals surface area contributed by atoms with Crippen molar-refractivity contribution < 1.29 is 13.2 Å². The molecule has 1 amide bonds. The predicted molar refractivity (Wildman–Crippen MR) is 114 cm³/mol. The van der Waals surface area contributed by atoms with Gasteiger partial charge in [0.15, 0.2) is 0 Å². The second kappa shape index (κ2) is 8.87. The van der Waals surface area contributed by atoms with Crippen molar-refractivity contribution in [2.75, 3.05) is 10.0 Å². The molecule has 0 aliphatic heterocycles. The quantitative estimate of drug-likeness (QED) is 0.608. The maximum Gasteiger partial charge on any atom is 0.261 e. The van der Waals surface area contributed by atoms with Crippen molar-refractivity contribution >= 4 is 27.3 Å². The first-order valence-corrected chi connectivity index (χ1v) is 10.7. The number of hydrogen-bond donors (Lipinski definition) is 2. The van der Waals surface area contributed by atoms with E-state index in [1.807, 2.05) is 12.1 Å². The van der Waals surface area contributed by atoms with Gasteiger partial charge in [0.1, 0.15) is 0 Å². The zero-order chi connectivity index (χ0) is 20.9. The molecule has 7 heteroatoms. The summed E-state index contributed by atoms with van der Waals surface area (Å²) in [5.41, 5.74) is 2.36. The van der Waals surface area contributed by atoms with Crippen molar-refractivity contribution in [3.05, 3.63) is 84.2 Å². The predicted octanol–water partition coefficient (Wildman–Crippen LogP) is 4.33. The molecule has 0 unspecified atom stereocenters. The fraction of sp³-hybridized carbons (Fsp3) is 0.182. The Morgan fingerprint density at radius 2 is 1.66 bits per heavy atom. The molecule has 2 N–H and O–H groups in total. The van der Waals surface area contributed by atoms with Crippen LogP contribution in [-0.4, -0.2) is 19.3 Å². The van der Waals surface area contributed by atoms with Gasteiger partial charge in [-0.1, -0.05) is 32.0 Å². The van der Waals surface area contributed by atoms with E-state index in [0.29, 0.717) is 22.9 Å². The number of benzene rings is 2. The van der Waals surface area contributed by atoms with Crippen LogP contribution in [0.15, 0.2) is 78.0 Å². The van der Waals surface area contributed by atoms with E-state index in [2.05, 4.69) is 28.9 Å². The number of carbonyl (C=O) groups is 1. The second-order valence-electron chi connectivity index (χ2n) is 7.12. The van der Waals surface area contributed by atoms with E-state index < -0.39 is 10.0 Å². The molecule has 0 radical (unpaired) electrons. The van der Waals surface area contributed by atoms with Crippen LogP contribution in [0.2, 0.25) is 0 Å². The Labute approximate surface area is 171 Å². The highest BCUT2D eigenvalue weighted by Gasteiger charge is 2.15. The molecule has 0 aliphatic carbocycles. The molecule has 29 heavy (non-hydrogen) atoms. The van der Waals surface area contributed by atoms with Gasteiger partial charge >= 0.3 is 0 Å². The molecule has 0 fully saturated rings. The van der Waals surface area contributed by atoms with Crippen LogP contribution in [0, 0.1) is 5.92 Å². The van der Waals surface area contributed by atoms with Gasteiger partial charge < -0.3 is 5.32 Å². The standard InChI is InChI=1S/C22H23N3O3S/c1-16(2)14-17-6-8-21(9-7-17)29(27,28)25-20-5-3-4-18(15-20)22(26)24-19-10-12-23-13-11-19/h3-13,15-16,25H,14H2,1-2H3,(H,23,24,26). The topological polar surface area (TPSA) is 88.2 Å². The number of pyridine rings is 1. The van der Waals surface area contributed by atoms with Crippen LogP contribution in [0.25, 0.3) is 0 Å². The number of amides is 1. The van der Waals surface area contributed by atoms with Crippen LogP contribution < -0.4 is 10.0 Å². The minimum absolute atomic E-state index is 0.177. The molecule has 3 aromatic rings. The summed E-state index contributed by atoms with van der Waals surface area (Å²) in [5, 5.41) is 2.75. The van der Waals surface area contributed by atoms with Gasteiger partial charge in [-0.05, 0) is 60.4 Å². The highest BCUT2D eigenvalue weighted by molar-refractivity contribution is 7.92. The van der Waals surface area contributed by atoms with E-state index in [0.717, 1.165) is 12.0 Å². The van der Waals surface area contributed by atoms with E-state index >= 15 is 0 Å². The van der Waals surface area contributed by atoms with Crippen LogP contribution in [-0.2, 0) is 16.4 Å². The Hall–Kier alpha value is -3.19. The summed E-state index contributed by atoms with van der Waals surface area (Å²) in [6.45, 7) is 4.23. The van der Waals surface area contributed by atoms with Crippen molar-refractivity contribution in [2.45, 2.75) is 25.2 Å². The Bertz CT molecular complexity index is 1080. The average molecular weight is 410 g/mol. The van der Waals surface area contributed by atoms with Crippen molar-refractivity contribution in [3.8, 4) is 0 Å². The third-order valence-electron chi connectivity index (χ3n) is 4.19. The zero-order valence-corrected chi connectivity index (χ0v) is 17.1. The number of aromatic nitrogens is 1. The zero-order valence-electron chi connectivity index (χ0n) is 16.3. The molecule has 2 aromatic carbocycles. The third-order valence-corrected chi connectivity index (χ3v) is 5.59. The van der Waals surface area contributed by atoms with E-state index in [9.17, 15) is 13.2 Å². The molecule has 0 bridgehead atoms. The number of carbonyl (C=O) groups excluding carboxylic acids is 1. The molecule has 0 atom stereocenters. The third kappa shape index (κ3) is 5.65. The molecule has 0 saturated carbocycles. The van der Waals surface area contributed by atoms with Gasteiger partial charge in [-0.3, -0.25) is 14.5 Å². The minimum atomic E-state index is -3.75. The molecule has 1 aromatic heterocycles. The first kappa shape index (κ1) is 20.5.